The SMILES string of the molecule is C=C/C(=C\C(C=O)=C(C)C)SNc1ccc(CCCC)cc1. The second-order valence-corrected chi connectivity index (χ2v) is 6.21. The van der Waals surface area contributed by atoms with E-state index in [9.17, 15) is 4.79 Å². The van der Waals surface area contributed by atoms with Crippen LogP contribution in [-0.4, -0.2) is 6.29 Å². The number of unbranched alkanes of at least 4 members (excludes halogenated alkanes) is 1. The lowest BCUT2D eigenvalue weighted by atomic mass is 10.1. The van der Waals surface area contributed by atoms with Crippen molar-refractivity contribution in [3.05, 3.63) is 64.6 Å². The lowest BCUT2D eigenvalue weighted by molar-refractivity contribution is -0.104. The number of carbonyl (C=O) groups is 1. The molecule has 0 fully saturated rings. The van der Waals surface area contributed by atoms with E-state index in [-0.39, 0.29) is 0 Å². The van der Waals surface area contributed by atoms with Gasteiger partial charge >= 0.3 is 0 Å². The van der Waals surface area contributed by atoms with E-state index < -0.39 is 0 Å². The quantitative estimate of drug-likeness (QED) is 0.274. The molecule has 0 aliphatic rings. The predicted molar refractivity (Wildman–Crippen MR) is 99.0 cm³/mol. The summed E-state index contributed by atoms with van der Waals surface area (Å²) in [5, 5.41) is 0. The normalized spacial score (nSPS) is 11.0. The number of rotatable bonds is 9. The number of aldehydes is 1. The Bertz CT molecular complexity index is 551. The molecule has 0 unspecified atom stereocenters. The molecule has 0 saturated heterocycles. The topological polar surface area (TPSA) is 29.1 Å². The number of carbonyl (C=O) groups excluding carboxylic acids is 1. The van der Waals surface area contributed by atoms with Gasteiger partial charge in [0.15, 0.2) is 0 Å². The highest BCUT2D eigenvalue weighted by Gasteiger charge is 2.00. The summed E-state index contributed by atoms with van der Waals surface area (Å²) in [7, 11) is 0. The molecular formula is C19H25NOS. The van der Waals surface area contributed by atoms with Crippen LogP contribution in [0.4, 0.5) is 5.69 Å². The highest BCUT2D eigenvalue weighted by atomic mass is 32.2. The fraction of sp³-hybridized carbons (Fsp3) is 0.316. The Morgan fingerprint density at radius 1 is 1.27 bits per heavy atom. The monoisotopic (exact) mass is 315 g/mol. The van der Waals surface area contributed by atoms with Gasteiger partial charge in [0, 0.05) is 16.2 Å². The lowest BCUT2D eigenvalue weighted by Crippen LogP contribution is -1.91. The Morgan fingerprint density at radius 3 is 2.45 bits per heavy atom. The van der Waals surface area contributed by atoms with E-state index in [2.05, 4.69) is 42.5 Å². The summed E-state index contributed by atoms with van der Waals surface area (Å²) in [5.41, 5.74) is 4.10. The highest BCUT2D eigenvalue weighted by Crippen LogP contribution is 2.23. The smallest absolute Gasteiger partial charge is 0.150 e. The van der Waals surface area contributed by atoms with Crippen LogP contribution in [0.2, 0.25) is 0 Å². The predicted octanol–water partition coefficient (Wildman–Crippen LogP) is 5.69. The lowest BCUT2D eigenvalue weighted by Gasteiger charge is -2.08. The van der Waals surface area contributed by atoms with Gasteiger partial charge in [-0.1, -0.05) is 43.7 Å². The van der Waals surface area contributed by atoms with E-state index in [1.807, 2.05) is 19.9 Å². The van der Waals surface area contributed by atoms with Crippen molar-refractivity contribution in [3.63, 3.8) is 0 Å². The van der Waals surface area contributed by atoms with Crippen molar-refractivity contribution < 1.29 is 4.79 Å². The number of hydrogen-bond donors (Lipinski definition) is 1. The fourth-order valence-corrected chi connectivity index (χ4v) is 2.46. The molecular weight excluding hydrogens is 290 g/mol. The summed E-state index contributed by atoms with van der Waals surface area (Å²) < 4.78 is 3.29. The largest absolute Gasteiger partial charge is 0.326 e. The third-order valence-corrected chi connectivity index (χ3v) is 4.12. The van der Waals surface area contributed by atoms with E-state index in [1.54, 1.807) is 6.08 Å². The van der Waals surface area contributed by atoms with Crippen LogP contribution in [0, 0.1) is 0 Å². The van der Waals surface area contributed by atoms with Gasteiger partial charge in [-0.15, -0.1) is 0 Å². The first-order chi connectivity index (χ1) is 10.6. The molecule has 0 saturated carbocycles. The molecule has 1 aromatic carbocycles. The Balaban J connectivity index is 2.67. The number of nitrogens with one attached hydrogen (secondary N) is 1. The van der Waals surface area contributed by atoms with Gasteiger partial charge in [-0.25, -0.2) is 0 Å². The van der Waals surface area contributed by atoms with E-state index >= 15 is 0 Å². The van der Waals surface area contributed by atoms with Gasteiger partial charge in [-0.05, 0) is 62.4 Å². The van der Waals surface area contributed by atoms with Gasteiger partial charge in [0.1, 0.15) is 6.29 Å². The first-order valence-corrected chi connectivity index (χ1v) is 8.41. The molecule has 0 aliphatic heterocycles. The highest BCUT2D eigenvalue weighted by molar-refractivity contribution is 8.04. The van der Waals surface area contributed by atoms with E-state index in [4.69, 9.17) is 0 Å². The Morgan fingerprint density at radius 2 is 1.95 bits per heavy atom. The summed E-state index contributed by atoms with van der Waals surface area (Å²) in [4.78, 5) is 11.9. The molecule has 0 bridgehead atoms. The van der Waals surface area contributed by atoms with Crippen LogP contribution in [0.3, 0.4) is 0 Å². The van der Waals surface area contributed by atoms with Crippen LogP contribution in [-0.2, 0) is 11.2 Å². The third kappa shape index (κ3) is 6.35. The van der Waals surface area contributed by atoms with Gasteiger partial charge in [0.05, 0.1) is 0 Å². The van der Waals surface area contributed by atoms with Crippen molar-refractivity contribution in [2.24, 2.45) is 0 Å². The molecule has 118 valence electrons. The molecule has 0 amide bonds. The summed E-state index contributed by atoms with van der Waals surface area (Å²) >= 11 is 1.46. The number of benzene rings is 1. The van der Waals surface area contributed by atoms with Crippen LogP contribution >= 0.6 is 11.9 Å². The molecule has 1 N–H and O–H groups in total. The maximum atomic E-state index is 11.0. The van der Waals surface area contributed by atoms with Crippen LogP contribution in [0.1, 0.15) is 39.2 Å². The first kappa shape index (κ1) is 18.3. The Labute approximate surface area is 138 Å². The minimum atomic E-state index is 0.694. The van der Waals surface area contributed by atoms with E-state index in [1.165, 1.54) is 30.4 Å². The maximum Gasteiger partial charge on any atom is 0.150 e. The Kier molecular flexibility index (Phi) is 8.38. The number of allylic oxidation sites excluding steroid dienone is 4. The van der Waals surface area contributed by atoms with Crippen LogP contribution in [0.15, 0.2) is 59.0 Å². The van der Waals surface area contributed by atoms with Crippen molar-refractivity contribution in [2.75, 3.05) is 4.72 Å². The van der Waals surface area contributed by atoms with Crippen molar-refractivity contribution in [2.45, 2.75) is 40.0 Å². The minimum Gasteiger partial charge on any atom is -0.326 e. The summed E-state index contributed by atoms with van der Waals surface area (Å²) in [6, 6.07) is 8.48. The molecule has 22 heavy (non-hydrogen) atoms. The van der Waals surface area contributed by atoms with Gasteiger partial charge in [-0.2, -0.15) is 0 Å². The molecule has 2 nitrogen and oxygen atoms in total. The second kappa shape index (κ2) is 10.1. The van der Waals surface area contributed by atoms with Crippen molar-refractivity contribution in [1.29, 1.82) is 0 Å². The molecule has 0 atom stereocenters. The summed E-state index contributed by atoms with van der Waals surface area (Å²) in [5.74, 6) is 0. The zero-order valence-corrected chi connectivity index (χ0v) is 14.5. The Hall–Kier alpha value is -1.74. The molecule has 0 heterocycles. The molecule has 1 aromatic rings. The molecule has 3 heteroatoms. The van der Waals surface area contributed by atoms with Crippen LogP contribution in [0.25, 0.3) is 0 Å². The van der Waals surface area contributed by atoms with E-state index in [0.717, 1.165) is 28.9 Å². The maximum absolute atomic E-state index is 11.0. The van der Waals surface area contributed by atoms with Crippen LogP contribution < -0.4 is 4.72 Å². The fourth-order valence-electron chi connectivity index (χ4n) is 1.82. The summed E-state index contributed by atoms with van der Waals surface area (Å²) in [6.07, 6.45) is 8.05. The van der Waals surface area contributed by atoms with Crippen LogP contribution in [0.5, 0.6) is 0 Å². The average molecular weight is 315 g/mol. The molecule has 0 spiro atoms. The minimum absolute atomic E-state index is 0.694. The molecule has 0 radical (unpaired) electrons. The standard InChI is InChI=1S/C19H25NOS/c1-5-7-8-16-9-11-18(12-10-16)20-22-19(6-2)13-17(14-21)15(3)4/h6,9-14,20H,2,5,7-8H2,1,3-4H3/b19-13+. The van der Waals surface area contributed by atoms with Crippen molar-refractivity contribution >= 4 is 23.9 Å². The average Bonchev–Trinajstić information content (AvgIpc) is 2.54. The zero-order chi connectivity index (χ0) is 16.4. The summed E-state index contributed by atoms with van der Waals surface area (Å²) in [6.45, 7) is 9.85. The molecule has 1 rings (SSSR count). The van der Waals surface area contributed by atoms with Gasteiger partial charge in [0.25, 0.3) is 0 Å². The van der Waals surface area contributed by atoms with Crippen molar-refractivity contribution in [3.8, 4) is 0 Å². The molecule has 0 aliphatic carbocycles. The molecule has 0 aromatic heterocycles. The third-order valence-electron chi connectivity index (χ3n) is 3.26. The van der Waals surface area contributed by atoms with Gasteiger partial charge in [-0.3, -0.25) is 4.79 Å². The number of anilines is 1. The zero-order valence-electron chi connectivity index (χ0n) is 13.7. The number of aryl methyl sites for hydroxylation is 1. The van der Waals surface area contributed by atoms with E-state index in [0.29, 0.717) is 5.57 Å². The first-order valence-electron chi connectivity index (χ1n) is 7.59. The number of hydrogen-bond acceptors (Lipinski definition) is 3. The van der Waals surface area contributed by atoms with Crippen molar-refractivity contribution in [1.82, 2.24) is 0 Å². The van der Waals surface area contributed by atoms with Gasteiger partial charge in [0.2, 0.25) is 0 Å². The second-order valence-electron chi connectivity index (χ2n) is 5.33. The van der Waals surface area contributed by atoms with Gasteiger partial charge < -0.3 is 4.72 Å².